The number of hydrogen-bond donors (Lipinski definition) is 0. The van der Waals surface area contributed by atoms with Crippen LogP contribution in [-0.4, -0.2) is 6.04 Å². The van der Waals surface area contributed by atoms with E-state index in [0.29, 0.717) is 0 Å². The van der Waals surface area contributed by atoms with Crippen LogP contribution in [0.25, 0.3) is 0 Å². The second-order valence-electron chi connectivity index (χ2n) is 7.52. The fraction of sp³-hybridized carbons (Fsp3) is 0.111. The number of hydrazine groups is 1. The summed E-state index contributed by atoms with van der Waals surface area (Å²) in [5.74, 6) is 0.285. The van der Waals surface area contributed by atoms with Gasteiger partial charge in [0.05, 0.1) is 23.1 Å². The van der Waals surface area contributed by atoms with Crippen molar-refractivity contribution in [2.75, 3.05) is 10.0 Å². The van der Waals surface area contributed by atoms with Gasteiger partial charge >= 0.3 is 0 Å². The fourth-order valence-electron chi connectivity index (χ4n) is 4.53. The average molecular weight is 377 g/mol. The van der Waals surface area contributed by atoms with E-state index in [2.05, 4.69) is 132 Å². The summed E-state index contributed by atoms with van der Waals surface area (Å²) in [6, 6.07) is 41.3. The minimum absolute atomic E-state index is 0.245. The summed E-state index contributed by atoms with van der Waals surface area (Å²) in [5, 5.41) is 4.81. The molecule has 0 fully saturated rings. The van der Waals surface area contributed by atoms with Crippen molar-refractivity contribution in [2.24, 2.45) is 0 Å². The van der Waals surface area contributed by atoms with E-state index in [0.717, 1.165) is 0 Å². The van der Waals surface area contributed by atoms with Gasteiger partial charge in [0.2, 0.25) is 0 Å². The smallest absolute Gasteiger partial charge is 0.0671 e. The van der Waals surface area contributed by atoms with E-state index in [4.69, 9.17) is 0 Å². The molecule has 4 aromatic rings. The zero-order valence-electron chi connectivity index (χ0n) is 16.5. The lowest BCUT2D eigenvalue weighted by Gasteiger charge is -2.50. The Labute approximate surface area is 172 Å². The molecule has 2 atom stereocenters. The summed E-state index contributed by atoms with van der Waals surface area (Å²) < 4.78 is 0. The Morgan fingerprint density at radius 1 is 0.552 bits per heavy atom. The van der Waals surface area contributed by atoms with Crippen LogP contribution in [0.3, 0.4) is 0 Å². The highest BCUT2D eigenvalue weighted by atomic mass is 15.6. The molecule has 2 nitrogen and oxygen atoms in total. The number of para-hydroxylation sites is 3. The van der Waals surface area contributed by atoms with Gasteiger partial charge in [0.25, 0.3) is 0 Å². The summed E-state index contributed by atoms with van der Waals surface area (Å²) in [4.78, 5) is 0. The quantitative estimate of drug-likeness (QED) is 0.389. The molecule has 0 aromatic heterocycles. The lowest BCUT2D eigenvalue weighted by Crippen LogP contribution is -2.52. The molecular formula is C27H24N2. The van der Waals surface area contributed by atoms with E-state index in [1.54, 1.807) is 0 Å². The van der Waals surface area contributed by atoms with Gasteiger partial charge in [-0.1, -0.05) is 84.9 Å². The third kappa shape index (κ3) is 3.07. The molecule has 1 aliphatic heterocycles. The Balaban J connectivity index is 1.76. The van der Waals surface area contributed by atoms with E-state index < -0.39 is 0 Å². The molecule has 0 N–H and O–H groups in total. The largest absolute Gasteiger partial charge is 0.277 e. The number of anilines is 3. The Bertz CT molecular complexity index is 1080. The summed E-state index contributed by atoms with van der Waals surface area (Å²) in [7, 11) is 0. The van der Waals surface area contributed by atoms with Gasteiger partial charge in [-0.25, -0.2) is 0 Å². The van der Waals surface area contributed by atoms with Crippen LogP contribution in [0.4, 0.5) is 17.1 Å². The standard InChI is InChI=1S/C27H24N2/c1-21-27(22-13-5-2-6-14-22)25-19-11-12-20-26(25)29(24-17-9-4-10-18-24)28(21)23-15-7-3-8-16-23/h2-21,27H,1H3. The fourth-order valence-corrected chi connectivity index (χ4v) is 4.53. The molecule has 4 aromatic carbocycles. The van der Waals surface area contributed by atoms with Gasteiger partial charge < -0.3 is 0 Å². The van der Waals surface area contributed by atoms with Gasteiger partial charge in [-0.15, -0.1) is 0 Å². The minimum atomic E-state index is 0.245. The predicted molar refractivity (Wildman–Crippen MR) is 122 cm³/mol. The molecule has 0 saturated heterocycles. The van der Waals surface area contributed by atoms with Crippen LogP contribution in [-0.2, 0) is 0 Å². The average Bonchev–Trinajstić information content (AvgIpc) is 2.80. The van der Waals surface area contributed by atoms with E-state index >= 15 is 0 Å². The molecule has 2 unspecified atom stereocenters. The van der Waals surface area contributed by atoms with Crippen molar-refractivity contribution in [3.05, 3.63) is 126 Å². The lowest BCUT2D eigenvalue weighted by molar-refractivity contribution is 0.550. The second kappa shape index (κ2) is 7.48. The number of rotatable bonds is 3. The third-order valence-corrected chi connectivity index (χ3v) is 5.76. The molecular weight excluding hydrogens is 352 g/mol. The van der Waals surface area contributed by atoms with Gasteiger partial charge in [-0.05, 0) is 48.4 Å². The van der Waals surface area contributed by atoms with Crippen LogP contribution in [0.5, 0.6) is 0 Å². The predicted octanol–water partition coefficient (Wildman–Crippen LogP) is 6.78. The van der Waals surface area contributed by atoms with Crippen molar-refractivity contribution in [1.82, 2.24) is 0 Å². The number of hydrogen-bond acceptors (Lipinski definition) is 2. The van der Waals surface area contributed by atoms with E-state index in [-0.39, 0.29) is 12.0 Å². The minimum Gasteiger partial charge on any atom is -0.277 e. The highest BCUT2D eigenvalue weighted by Crippen LogP contribution is 2.46. The topological polar surface area (TPSA) is 6.48 Å². The summed E-state index contributed by atoms with van der Waals surface area (Å²) in [6.07, 6.45) is 0. The van der Waals surface area contributed by atoms with E-state index in [1.807, 2.05) is 0 Å². The molecule has 0 bridgehead atoms. The molecule has 5 rings (SSSR count). The highest BCUT2D eigenvalue weighted by molar-refractivity contribution is 5.76. The summed E-state index contributed by atoms with van der Waals surface area (Å²) in [6.45, 7) is 2.33. The van der Waals surface area contributed by atoms with Crippen LogP contribution in [0, 0.1) is 0 Å². The van der Waals surface area contributed by atoms with Crippen molar-refractivity contribution in [3.63, 3.8) is 0 Å². The maximum atomic E-state index is 2.44. The molecule has 2 heteroatoms. The highest BCUT2D eigenvalue weighted by Gasteiger charge is 2.38. The van der Waals surface area contributed by atoms with Gasteiger partial charge in [0.15, 0.2) is 0 Å². The zero-order valence-corrected chi connectivity index (χ0v) is 16.5. The van der Waals surface area contributed by atoms with Gasteiger partial charge in [-0.3, -0.25) is 10.0 Å². The zero-order chi connectivity index (χ0) is 19.6. The first-order valence-corrected chi connectivity index (χ1v) is 10.2. The van der Waals surface area contributed by atoms with Crippen LogP contribution in [0.2, 0.25) is 0 Å². The first kappa shape index (κ1) is 17.6. The molecule has 0 radical (unpaired) electrons. The van der Waals surface area contributed by atoms with Crippen LogP contribution in [0.15, 0.2) is 115 Å². The summed E-state index contributed by atoms with van der Waals surface area (Å²) in [5.41, 5.74) is 6.30. The molecule has 1 aliphatic rings. The maximum absolute atomic E-state index is 2.44. The molecule has 0 amide bonds. The van der Waals surface area contributed by atoms with Gasteiger partial charge in [0.1, 0.15) is 0 Å². The lowest BCUT2D eigenvalue weighted by atomic mass is 9.82. The summed E-state index contributed by atoms with van der Waals surface area (Å²) >= 11 is 0. The first-order chi connectivity index (χ1) is 14.3. The number of fused-ring (bicyclic) bond motifs is 1. The molecule has 0 spiro atoms. The first-order valence-electron chi connectivity index (χ1n) is 10.2. The maximum Gasteiger partial charge on any atom is 0.0671 e. The van der Waals surface area contributed by atoms with Gasteiger partial charge in [-0.2, -0.15) is 0 Å². The van der Waals surface area contributed by atoms with Crippen molar-refractivity contribution < 1.29 is 0 Å². The SMILES string of the molecule is CC1C(c2ccccc2)c2ccccc2N(c2ccccc2)N1c1ccccc1. The van der Waals surface area contributed by atoms with Crippen LogP contribution >= 0.6 is 0 Å². The monoisotopic (exact) mass is 376 g/mol. The van der Waals surface area contributed by atoms with Crippen molar-refractivity contribution >= 4 is 17.1 Å². The molecule has 29 heavy (non-hydrogen) atoms. The van der Waals surface area contributed by atoms with Crippen molar-refractivity contribution in [3.8, 4) is 0 Å². The number of benzene rings is 4. The van der Waals surface area contributed by atoms with Gasteiger partial charge in [0, 0.05) is 5.92 Å². The molecule has 1 heterocycles. The normalized spacial score (nSPS) is 18.4. The Hall–Kier alpha value is -3.52. The Morgan fingerprint density at radius 2 is 1.07 bits per heavy atom. The third-order valence-electron chi connectivity index (χ3n) is 5.76. The Kier molecular flexibility index (Phi) is 4.53. The molecule has 0 aliphatic carbocycles. The second-order valence-corrected chi connectivity index (χ2v) is 7.52. The number of nitrogens with zero attached hydrogens (tertiary/aromatic N) is 2. The van der Waals surface area contributed by atoms with E-state index in [9.17, 15) is 0 Å². The van der Waals surface area contributed by atoms with Crippen molar-refractivity contribution in [1.29, 1.82) is 0 Å². The Morgan fingerprint density at radius 3 is 1.72 bits per heavy atom. The van der Waals surface area contributed by atoms with Crippen LogP contribution < -0.4 is 10.0 Å². The van der Waals surface area contributed by atoms with Crippen molar-refractivity contribution in [2.45, 2.75) is 18.9 Å². The molecule has 0 saturated carbocycles. The van der Waals surface area contributed by atoms with E-state index in [1.165, 1.54) is 28.2 Å². The van der Waals surface area contributed by atoms with Crippen LogP contribution in [0.1, 0.15) is 24.0 Å². The molecule has 142 valence electrons.